The first kappa shape index (κ1) is 18.1. The molecule has 0 aliphatic carbocycles. The fourth-order valence-electron chi connectivity index (χ4n) is 3.56. The number of sulfone groups is 1. The first-order chi connectivity index (χ1) is 11.9. The van der Waals surface area contributed by atoms with E-state index < -0.39 is 9.84 Å². The Labute approximate surface area is 148 Å². The molecule has 0 atom stereocenters. The maximum absolute atomic E-state index is 12.6. The van der Waals surface area contributed by atoms with Gasteiger partial charge in [0.05, 0.1) is 11.5 Å². The van der Waals surface area contributed by atoms with Crippen LogP contribution in [0.4, 0.5) is 0 Å². The lowest BCUT2D eigenvalue weighted by molar-refractivity contribution is 0.0557. The molecule has 6 nitrogen and oxygen atoms in total. The van der Waals surface area contributed by atoms with Crippen LogP contribution in [0.2, 0.25) is 0 Å². The van der Waals surface area contributed by atoms with Crippen molar-refractivity contribution in [2.75, 3.05) is 37.7 Å². The zero-order valence-corrected chi connectivity index (χ0v) is 15.3. The number of rotatable bonds is 3. The Morgan fingerprint density at radius 3 is 1.96 bits per heavy atom. The number of benzene rings is 1. The maximum atomic E-state index is 12.6. The van der Waals surface area contributed by atoms with Crippen LogP contribution in [0.5, 0.6) is 0 Å². The Bertz CT molecular complexity index is 736. The molecule has 0 radical (unpaired) electrons. The Morgan fingerprint density at radius 1 is 0.920 bits per heavy atom. The molecule has 1 aromatic carbocycles. The predicted molar refractivity (Wildman–Crippen MR) is 95.6 cm³/mol. The third kappa shape index (κ3) is 4.27. The first-order valence-corrected chi connectivity index (χ1v) is 10.5. The molecule has 1 aromatic rings. The van der Waals surface area contributed by atoms with Gasteiger partial charge in [0.25, 0.3) is 5.91 Å². The maximum Gasteiger partial charge on any atom is 0.253 e. The molecular formula is C18H24N2O4S. The number of ketones is 1. The van der Waals surface area contributed by atoms with Gasteiger partial charge in [-0.2, -0.15) is 0 Å². The van der Waals surface area contributed by atoms with E-state index in [0.717, 1.165) is 13.1 Å². The van der Waals surface area contributed by atoms with Crippen LogP contribution in [0.3, 0.4) is 0 Å². The molecule has 0 unspecified atom stereocenters. The highest BCUT2D eigenvalue weighted by Crippen LogP contribution is 2.20. The van der Waals surface area contributed by atoms with E-state index in [2.05, 4.69) is 4.90 Å². The summed E-state index contributed by atoms with van der Waals surface area (Å²) in [6, 6.07) is 7.10. The highest BCUT2D eigenvalue weighted by molar-refractivity contribution is 7.91. The molecule has 2 aliphatic heterocycles. The number of Topliss-reactive ketones (excluding diaryl/α,β-unsaturated/α-hetero) is 1. The van der Waals surface area contributed by atoms with Gasteiger partial charge in [0.1, 0.15) is 9.84 Å². The third-order valence-electron chi connectivity index (χ3n) is 5.18. The highest BCUT2D eigenvalue weighted by atomic mass is 32.2. The van der Waals surface area contributed by atoms with Crippen molar-refractivity contribution in [1.29, 1.82) is 0 Å². The van der Waals surface area contributed by atoms with E-state index in [1.165, 1.54) is 6.92 Å². The van der Waals surface area contributed by atoms with Gasteiger partial charge >= 0.3 is 0 Å². The van der Waals surface area contributed by atoms with Crippen molar-refractivity contribution < 1.29 is 18.0 Å². The van der Waals surface area contributed by atoms with Crippen LogP contribution < -0.4 is 0 Å². The summed E-state index contributed by atoms with van der Waals surface area (Å²) in [7, 11) is -2.84. The summed E-state index contributed by atoms with van der Waals surface area (Å²) in [5, 5.41) is 0. The Hall–Kier alpha value is -1.73. The minimum absolute atomic E-state index is 0.0119. The summed E-state index contributed by atoms with van der Waals surface area (Å²) in [4.78, 5) is 28.1. The van der Waals surface area contributed by atoms with Crippen LogP contribution in [0.15, 0.2) is 24.3 Å². The molecule has 1 amide bonds. The summed E-state index contributed by atoms with van der Waals surface area (Å²) in [5.74, 6) is 0.529. The molecule has 0 bridgehead atoms. The second-order valence-electron chi connectivity index (χ2n) is 6.84. The quantitative estimate of drug-likeness (QED) is 0.754. The fraction of sp³-hybridized carbons (Fsp3) is 0.556. The number of carbonyl (C=O) groups is 2. The monoisotopic (exact) mass is 364 g/mol. The van der Waals surface area contributed by atoms with Gasteiger partial charge in [-0.05, 0) is 31.9 Å². The molecule has 2 aliphatic rings. The number of piperazine rings is 1. The molecule has 0 aromatic heterocycles. The third-order valence-corrected chi connectivity index (χ3v) is 6.90. The average molecular weight is 364 g/mol. The molecule has 136 valence electrons. The molecule has 25 heavy (non-hydrogen) atoms. The molecule has 0 spiro atoms. The lowest BCUT2D eigenvalue weighted by Gasteiger charge is -2.40. The Kier molecular flexibility index (Phi) is 5.24. The van der Waals surface area contributed by atoms with Crippen molar-refractivity contribution in [1.82, 2.24) is 9.80 Å². The lowest BCUT2D eigenvalue weighted by atomic mass is 10.1. The van der Waals surface area contributed by atoms with Crippen LogP contribution >= 0.6 is 0 Å². The molecule has 7 heteroatoms. The number of carbonyl (C=O) groups excluding carboxylic acids is 2. The van der Waals surface area contributed by atoms with Gasteiger partial charge in [-0.3, -0.25) is 14.5 Å². The van der Waals surface area contributed by atoms with Crippen LogP contribution in [0, 0.1) is 0 Å². The van der Waals surface area contributed by atoms with Crippen LogP contribution in [-0.4, -0.2) is 73.6 Å². The smallest absolute Gasteiger partial charge is 0.253 e. The zero-order valence-electron chi connectivity index (χ0n) is 14.5. The van der Waals surface area contributed by atoms with Gasteiger partial charge in [0.2, 0.25) is 0 Å². The minimum Gasteiger partial charge on any atom is -0.336 e. The van der Waals surface area contributed by atoms with Crippen LogP contribution in [0.25, 0.3) is 0 Å². The van der Waals surface area contributed by atoms with E-state index in [-0.39, 0.29) is 23.2 Å². The SMILES string of the molecule is CC(=O)c1ccc(C(=O)N2CCN(C3CCS(=O)(=O)CC3)CC2)cc1. The van der Waals surface area contributed by atoms with Crippen molar-refractivity contribution in [3.05, 3.63) is 35.4 Å². The minimum atomic E-state index is -2.84. The second kappa shape index (κ2) is 7.25. The standard InChI is InChI=1S/C18H24N2O4S/c1-14(21)15-2-4-16(5-3-15)18(22)20-10-8-19(9-11-20)17-6-12-25(23,24)13-7-17/h2-5,17H,6-13H2,1H3. The van der Waals surface area contributed by atoms with E-state index in [1.807, 2.05) is 4.90 Å². The molecule has 0 saturated carbocycles. The number of nitrogens with zero attached hydrogens (tertiary/aromatic N) is 2. The van der Waals surface area contributed by atoms with E-state index in [4.69, 9.17) is 0 Å². The summed E-state index contributed by atoms with van der Waals surface area (Å²) in [5.41, 5.74) is 1.20. The summed E-state index contributed by atoms with van der Waals surface area (Å²) < 4.78 is 23.1. The van der Waals surface area contributed by atoms with Crippen molar-refractivity contribution in [2.45, 2.75) is 25.8 Å². The lowest BCUT2D eigenvalue weighted by Crippen LogP contribution is -2.53. The molecule has 2 fully saturated rings. The van der Waals surface area contributed by atoms with E-state index in [0.29, 0.717) is 43.1 Å². The summed E-state index contributed by atoms with van der Waals surface area (Å²) in [6.45, 7) is 4.36. The Balaban J connectivity index is 1.55. The van der Waals surface area contributed by atoms with Crippen LogP contribution in [0.1, 0.15) is 40.5 Å². The van der Waals surface area contributed by atoms with E-state index in [9.17, 15) is 18.0 Å². The van der Waals surface area contributed by atoms with Gasteiger partial charge < -0.3 is 4.90 Å². The van der Waals surface area contributed by atoms with Gasteiger partial charge in [-0.25, -0.2) is 8.42 Å². The first-order valence-electron chi connectivity index (χ1n) is 8.70. The number of hydrogen-bond acceptors (Lipinski definition) is 5. The van der Waals surface area contributed by atoms with Gasteiger partial charge in [0.15, 0.2) is 5.78 Å². The second-order valence-corrected chi connectivity index (χ2v) is 9.15. The normalized spacial score (nSPS) is 21.9. The van der Waals surface area contributed by atoms with Crippen molar-refractivity contribution in [3.8, 4) is 0 Å². The van der Waals surface area contributed by atoms with Gasteiger partial charge in [0, 0.05) is 43.3 Å². The van der Waals surface area contributed by atoms with Crippen molar-refractivity contribution in [3.63, 3.8) is 0 Å². The Morgan fingerprint density at radius 2 is 1.44 bits per heavy atom. The highest BCUT2D eigenvalue weighted by Gasteiger charge is 2.31. The van der Waals surface area contributed by atoms with Crippen LogP contribution in [-0.2, 0) is 9.84 Å². The predicted octanol–water partition coefficient (Wildman–Crippen LogP) is 1.22. The number of amides is 1. The molecule has 0 N–H and O–H groups in total. The zero-order chi connectivity index (χ0) is 18.0. The fourth-order valence-corrected chi connectivity index (χ4v) is 5.03. The van der Waals surface area contributed by atoms with E-state index >= 15 is 0 Å². The van der Waals surface area contributed by atoms with Gasteiger partial charge in [-0.15, -0.1) is 0 Å². The number of hydrogen-bond donors (Lipinski definition) is 0. The topological polar surface area (TPSA) is 74.8 Å². The summed E-state index contributed by atoms with van der Waals surface area (Å²) >= 11 is 0. The largest absolute Gasteiger partial charge is 0.336 e. The molecule has 2 heterocycles. The van der Waals surface area contributed by atoms with Crippen molar-refractivity contribution >= 4 is 21.5 Å². The summed E-state index contributed by atoms with van der Waals surface area (Å²) in [6.07, 6.45) is 1.39. The molecule has 3 rings (SSSR count). The van der Waals surface area contributed by atoms with Crippen molar-refractivity contribution in [2.24, 2.45) is 0 Å². The molecular weight excluding hydrogens is 340 g/mol. The average Bonchev–Trinajstić information content (AvgIpc) is 2.61. The van der Waals surface area contributed by atoms with Gasteiger partial charge in [-0.1, -0.05) is 12.1 Å². The molecule has 2 saturated heterocycles. The van der Waals surface area contributed by atoms with E-state index in [1.54, 1.807) is 24.3 Å².